The highest BCUT2D eigenvalue weighted by Crippen LogP contribution is 2.22. The Kier molecular flexibility index (Phi) is 4.18. The molecule has 1 N–H and O–H groups in total. The smallest absolute Gasteiger partial charge is 0.355 e. The summed E-state index contributed by atoms with van der Waals surface area (Å²) in [5.74, 6) is -0.529. The molecule has 1 amide bonds. The molecular weight excluding hydrogens is 284 g/mol. The van der Waals surface area contributed by atoms with Crippen molar-refractivity contribution in [2.45, 2.75) is 45.2 Å². The summed E-state index contributed by atoms with van der Waals surface area (Å²) < 4.78 is 12.0. The quantitative estimate of drug-likeness (QED) is 0.861. The van der Waals surface area contributed by atoms with Crippen molar-refractivity contribution in [3.63, 3.8) is 0 Å². The van der Waals surface area contributed by atoms with Crippen LogP contribution in [0.5, 0.6) is 0 Å². The zero-order valence-corrected chi connectivity index (χ0v) is 12.6. The van der Waals surface area contributed by atoms with Crippen molar-refractivity contribution in [3.05, 3.63) is 24.1 Å². The second-order valence-corrected chi connectivity index (χ2v) is 5.56. The van der Waals surface area contributed by atoms with Crippen LogP contribution in [0.1, 0.15) is 43.1 Å². The zero-order valence-electron chi connectivity index (χ0n) is 12.6. The summed E-state index contributed by atoms with van der Waals surface area (Å²) in [6.45, 7) is 2.13. The number of fused-ring (bicyclic) bond motifs is 1. The normalized spacial score (nSPS) is 15.3. The Hall–Kier alpha value is -2.24. The number of ether oxygens (including phenoxy) is 1. The lowest BCUT2D eigenvalue weighted by Crippen LogP contribution is -2.35. The Balaban J connectivity index is 1.81. The highest BCUT2D eigenvalue weighted by Gasteiger charge is 2.22. The first-order chi connectivity index (χ1) is 10.7. The molecule has 0 unspecified atom stereocenters. The second-order valence-electron chi connectivity index (χ2n) is 5.56. The summed E-state index contributed by atoms with van der Waals surface area (Å²) >= 11 is 0. The molecule has 22 heavy (non-hydrogen) atoms. The molecule has 2 heterocycles. The van der Waals surface area contributed by atoms with Gasteiger partial charge in [-0.2, -0.15) is 0 Å². The molecule has 0 aliphatic heterocycles. The lowest BCUT2D eigenvalue weighted by Gasteiger charge is -2.14. The number of rotatable bonds is 5. The van der Waals surface area contributed by atoms with Crippen LogP contribution in [-0.4, -0.2) is 29.1 Å². The third kappa shape index (κ3) is 2.86. The molecule has 0 aromatic carbocycles. The molecule has 0 radical (unpaired) electrons. The standard InChI is InChI=1S/C16H20N2O4/c1-2-21-16(20)13-9-14-12(7-8-22-14)18(13)10-15(19)17-11-5-3-4-6-11/h7-9,11H,2-6,10H2,1H3,(H,17,19). The van der Waals surface area contributed by atoms with Gasteiger partial charge in [0.05, 0.1) is 18.4 Å². The van der Waals surface area contributed by atoms with Crippen LogP contribution in [0.3, 0.4) is 0 Å². The molecule has 6 heteroatoms. The number of amides is 1. The maximum atomic E-state index is 12.2. The number of furan rings is 1. The summed E-state index contributed by atoms with van der Waals surface area (Å²) in [7, 11) is 0. The van der Waals surface area contributed by atoms with Gasteiger partial charge in [0.2, 0.25) is 5.91 Å². The molecule has 0 spiro atoms. The lowest BCUT2D eigenvalue weighted by atomic mass is 10.2. The monoisotopic (exact) mass is 304 g/mol. The van der Waals surface area contributed by atoms with Gasteiger partial charge in [-0.15, -0.1) is 0 Å². The first-order valence-electron chi connectivity index (χ1n) is 7.72. The van der Waals surface area contributed by atoms with Crippen molar-refractivity contribution in [3.8, 4) is 0 Å². The first-order valence-corrected chi connectivity index (χ1v) is 7.72. The van der Waals surface area contributed by atoms with Gasteiger partial charge in [0, 0.05) is 18.2 Å². The fourth-order valence-corrected chi connectivity index (χ4v) is 3.01. The van der Waals surface area contributed by atoms with Crippen LogP contribution in [0, 0.1) is 0 Å². The molecule has 0 atom stereocenters. The predicted molar refractivity (Wildman–Crippen MR) is 80.6 cm³/mol. The minimum absolute atomic E-state index is 0.0869. The van der Waals surface area contributed by atoms with Gasteiger partial charge in [-0.25, -0.2) is 4.79 Å². The summed E-state index contributed by atoms with van der Waals surface area (Å²) in [6.07, 6.45) is 5.93. The van der Waals surface area contributed by atoms with Crippen LogP contribution in [-0.2, 0) is 16.1 Å². The van der Waals surface area contributed by atoms with E-state index in [1.807, 2.05) is 0 Å². The molecule has 0 bridgehead atoms. The van der Waals surface area contributed by atoms with E-state index in [0.717, 1.165) is 31.2 Å². The van der Waals surface area contributed by atoms with E-state index in [2.05, 4.69) is 5.32 Å². The molecule has 0 saturated heterocycles. The number of carbonyl (C=O) groups is 2. The third-order valence-corrected chi connectivity index (χ3v) is 4.03. The van der Waals surface area contributed by atoms with E-state index in [-0.39, 0.29) is 18.5 Å². The summed E-state index contributed by atoms with van der Waals surface area (Å²) in [5.41, 5.74) is 1.65. The van der Waals surface area contributed by atoms with Gasteiger partial charge < -0.3 is 19.0 Å². The van der Waals surface area contributed by atoms with Gasteiger partial charge in [-0.3, -0.25) is 4.79 Å². The Morgan fingerprint density at radius 3 is 2.91 bits per heavy atom. The molecule has 2 aromatic rings. The van der Waals surface area contributed by atoms with Crippen molar-refractivity contribution in [1.29, 1.82) is 0 Å². The van der Waals surface area contributed by atoms with E-state index in [0.29, 0.717) is 17.9 Å². The first kappa shape index (κ1) is 14.7. The van der Waals surface area contributed by atoms with Crippen LogP contribution in [0.2, 0.25) is 0 Å². The number of nitrogens with one attached hydrogen (secondary N) is 1. The van der Waals surface area contributed by atoms with Gasteiger partial charge in [-0.1, -0.05) is 12.8 Å². The highest BCUT2D eigenvalue weighted by molar-refractivity contribution is 5.95. The van der Waals surface area contributed by atoms with E-state index in [9.17, 15) is 9.59 Å². The van der Waals surface area contributed by atoms with E-state index in [4.69, 9.17) is 9.15 Å². The van der Waals surface area contributed by atoms with Crippen molar-refractivity contribution >= 4 is 23.0 Å². The fourth-order valence-electron chi connectivity index (χ4n) is 3.01. The number of nitrogens with zero attached hydrogens (tertiary/aromatic N) is 1. The summed E-state index contributed by atoms with van der Waals surface area (Å²) in [5, 5.41) is 3.03. The van der Waals surface area contributed by atoms with Crippen LogP contribution in [0.15, 0.2) is 22.8 Å². The minimum Gasteiger partial charge on any atom is -0.463 e. The van der Waals surface area contributed by atoms with E-state index in [1.165, 1.54) is 0 Å². The second kappa shape index (κ2) is 6.25. The number of hydrogen-bond acceptors (Lipinski definition) is 4. The van der Waals surface area contributed by atoms with Crippen molar-refractivity contribution in [1.82, 2.24) is 9.88 Å². The third-order valence-electron chi connectivity index (χ3n) is 4.03. The molecule has 118 valence electrons. The summed E-state index contributed by atoms with van der Waals surface area (Å²) in [6, 6.07) is 3.63. The molecule has 6 nitrogen and oxygen atoms in total. The maximum absolute atomic E-state index is 12.2. The molecule has 3 rings (SSSR count). The minimum atomic E-state index is -0.442. The van der Waals surface area contributed by atoms with E-state index in [1.54, 1.807) is 29.9 Å². The molecular formula is C16H20N2O4. The van der Waals surface area contributed by atoms with Crippen molar-refractivity contribution in [2.24, 2.45) is 0 Å². The topological polar surface area (TPSA) is 73.5 Å². The van der Waals surface area contributed by atoms with Gasteiger partial charge in [0.25, 0.3) is 0 Å². The highest BCUT2D eigenvalue weighted by atomic mass is 16.5. The largest absolute Gasteiger partial charge is 0.463 e. The SMILES string of the molecule is CCOC(=O)c1cc2occc2n1CC(=O)NC1CCCC1. The van der Waals surface area contributed by atoms with Crippen LogP contribution < -0.4 is 5.32 Å². The number of carbonyl (C=O) groups excluding carboxylic acids is 2. The van der Waals surface area contributed by atoms with E-state index >= 15 is 0 Å². The number of esters is 1. The Morgan fingerprint density at radius 1 is 1.41 bits per heavy atom. The average molecular weight is 304 g/mol. The number of aromatic nitrogens is 1. The van der Waals surface area contributed by atoms with E-state index < -0.39 is 5.97 Å². The molecule has 2 aromatic heterocycles. The van der Waals surface area contributed by atoms with Gasteiger partial charge >= 0.3 is 5.97 Å². The van der Waals surface area contributed by atoms with Gasteiger partial charge in [0.1, 0.15) is 12.2 Å². The number of hydrogen-bond donors (Lipinski definition) is 1. The molecule has 1 fully saturated rings. The van der Waals surface area contributed by atoms with Crippen LogP contribution in [0.25, 0.3) is 11.1 Å². The van der Waals surface area contributed by atoms with Crippen molar-refractivity contribution in [2.75, 3.05) is 6.61 Å². The Morgan fingerprint density at radius 2 is 2.18 bits per heavy atom. The lowest BCUT2D eigenvalue weighted by molar-refractivity contribution is -0.122. The average Bonchev–Trinajstić information content (AvgIpc) is 3.17. The molecule has 1 aliphatic carbocycles. The molecule has 1 saturated carbocycles. The van der Waals surface area contributed by atoms with Gasteiger partial charge in [-0.05, 0) is 19.8 Å². The Bertz CT molecular complexity index is 679. The zero-order chi connectivity index (χ0) is 15.5. The van der Waals surface area contributed by atoms with Gasteiger partial charge in [0.15, 0.2) is 5.58 Å². The summed E-state index contributed by atoms with van der Waals surface area (Å²) in [4.78, 5) is 24.3. The Labute approximate surface area is 128 Å². The predicted octanol–water partition coefficient (Wildman–Crippen LogP) is 2.47. The van der Waals surface area contributed by atoms with Crippen molar-refractivity contribution < 1.29 is 18.7 Å². The van der Waals surface area contributed by atoms with Crippen LogP contribution in [0.4, 0.5) is 0 Å². The van der Waals surface area contributed by atoms with Crippen LogP contribution >= 0.6 is 0 Å². The fraction of sp³-hybridized carbons (Fsp3) is 0.500. The molecule has 1 aliphatic rings. The maximum Gasteiger partial charge on any atom is 0.355 e.